The third-order valence-electron chi connectivity index (χ3n) is 1.83. The Morgan fingerprint density at radius 3 is 2.25 bits per heavy atom. The van der Waals surface area contributed by atoms with E-state index < -0.39 is 34.9 Å². The van der Waals surface area contributed by atoms with E-state index in [9.17, 15) is 23.3 Å². The highest BCUT2D eigenvalue weighted by atomic mass is 19.4. The summed E-state index contributed by atoms with van der Waals surface area (Å²) in [5.74, 6) is 0. The van der Waals surface area contributed by atoms with Gasteiger partial charge in [-0.2, -0.15) is 13.2 Å². The predicted molar refractivity (Wildman–Crippen MR) is 47.9 cm³/mol. The summed E-state index contributed by atoms with van der Waals surface area (Å²) in [6.07, 6.45) is -4.88. The van der Waals surface area contributed by atoms with Gasteiger partial charge in [-0.1, -0.05) is 6.07 Å². The fraction of sp³-hybridized carbons (Fsp3) is 0.143. The van der Waals surface area contributed by atoms with Gasteiger partial charge in [0.1, 0.15) is 0 Å². The average Bonchev–Trinajstić information content (AvgIpc) is 2.15. The van der Waals surface area contributed by atoms with Gasteiger partial charge in [0.2, 0.25) is 0 Å². The predicted octanol–water partition coefficient (Wildman–Crippen LogP) is 0.293. The summed E-state index contributed by atoms with van der Waals surface area (Å²) >= 11 is 0. The first-order valence-corrected chi connectivity index (χ1v) is 3.95. The number of benzene rings is 1. The van der Waals surface area contributed by atoms with Crippen LogP contribution in [0.15, 0.2) is 18.2 Å². The molecule has 0 bridgehead atoms. The van der Waals surface area contributed by atoms with Crippen LogP contribution in [0.5, 0.6) is 0 Å². The van der Waals surface area contributed by atoms with Gasteiger partial charge in [-0.05, 0) is 5.46 Å². The van der Waals surface area contributed by atoms with E-state index in [0.29, 0.717) is 6.07 Å². The first kappa shape index (κ1) is 12.5. The molecular formula is C7H5BF3NO4. The number of rotatable bonds is 2. The zero-order chi connectivity index (χ0) is 12.5. The molecule has 0 aliphatic rings. The molecule has 0 aliphatic carbocycles. The second-order valence-corrected chi connectivity index (χ2v) is 2.90. The molecule has 0 spiro atoms. The lowest BCUT2D eigenvalue weighted by atomic mass is 9.76. The number of halogens is 3. The molecule has 9 heteroatoms. The number of nitro benzene ring substituents is 1. The highest BCUT2D eigenvalue weighted by Crippen LogP contribution is 2.30. The number of alkyl halides is 3. The fourth-order valence-electron chi connectivity index (χ4n) is 1.13. The normalized spacial score (nSPS) is 11.3. The van der Waals surface area contributed by atoms with Crippen molar-refractivity contribution in [3.8, 4) is 0 Å². The quantitative estimate of drug-likeness (QED) is 0.438. The lowest BCUT2D eigenvalue weighted by Crippen LogP contribution is -2.36. The second kappa shape index (κ2) is 4.10. The first-order chi connectivity index (χ1) is 7.23. The lowest BCUT2D eigenvalue weighted by Gasteiger charge is -2.11. The van der Waals surface area contributed by atoms with Gasteiger partial charge in [0.25, 0.3) is 5.69 Å². The number of nitro groups is 1. The fourth-order valence-corrected chi connectivity index (χ4v) is 1.13. The molecule has 1 rings (SSSR count). The Kier molecular flexibility index (Phi) is 3.20. The molecule has 0 saturated heterocycles. The monoisotopic (exact) mass is 235 g/mol. The summed E-state index contributed by atoms with van der Waals surface area (Å²) in [6.45, 7) is 0. The van der Waals surface area contributed by atoms with E-state index in [-0.39, 0.29) is 6.07 Å². The van der Waals surface area contributed by atoms with Crippen molar-refractivity contribution >= 4 is 18.3 Å². The molecule has 0 aromatic heterocycles. The summed E-state index contributed by atoms with van der Waals surface area (Å²) in [6, 6.07) is 1.68. The maximum Gasteiger partial charge on any atom is 0.489 e. The molecule has 0 unspecified atom stereocenters. The summed E-state index contributed by atoms with van der Waals surface area (Å²) < 4.78 is 37.2. The molecule has 0 saturated carbocycles. The Bertz CT molecular complexity index is 421. The first-order valence-electron chi connectivity index (χ1n) is 3.95. The van der Waals surface area contributed by atoms with Crippen molar-refractivity contribution in [2.24, 2.45) is 0 Å². The maximum absolute atomic E-state index is 12.4. The van der Waals surface area contributed by atoms with E-state index >= 15 is 0 Å². The molecular weight excluding hydrogens is 230 g/mol. The van der Waals surface area contributed by atoms with Gasteiger partial charge in [-0.25, -0.2) is 0 Å². The van der Waals surface area contributed by atoms with Crippen LogP contribution in [0.4, 0.5) is 18.9 Å². The smallest absolute Gasteiger partial charge is 0.423 e. The molecule has 1 aromatic rings. The SMILES string of the molecule is O=[N+]([O-])c1ccc(B(O)O)c(C(F)(F)F)c1. The van der Waals surface area contributed by atoms with E-state index in [4.69, 9.17) is 10.0 Å². The largest absolute Gasteiger partial charge is 0.489 e. The summed E-state index contributed by atoms with van der Waals surface area (Å²) in [7, 11) is -2.34. The van der Waals surface area contributed by atoms with Crippen molar-refractivity contribution in [1.82, 2.24) is 0 Å². The van der Waals surface area contributed by atoms with Gasteiger partial charge in [0.05, 0.1) is 10.5 Å². The highest BCUT2D eigenvalue weighted by molar-refractivity contribution is 6.59. The van der Waals surface area contributed by atoms with Crippen LogP contribution in [0.25, 0.3) is 0 Å². The topological polar surface area (TPSA) is 83.6 Å². The Morgan fingerprint density at radius 1 is 1.31 bits per heavy atom. The molecule has 1 aromatic carbocycles. The number of non-ortho nitro benzene ring substituents is 1. The van der Waals surface area contributed by atoms with E-state index in [1.165, 1.54) is 0 Å². The Morgan fingerprint density at radius 2 is 1.88 bits per heavy atom. The van der Waals surface area contributed by atoms with Crippen molar-refractivity contribution in [3.63, 3.8) is 0 Å². The minimum Gasteiger partial charge on any atom is -0.423 e. The van der Waals surface area contributed by atoms with Crippen molar-refractivity contribution in [2.45, 2.75) is 6.18 Å². The van der Waals surface area contributed by atoms with Crippen LogP contribution in [0.3, 0.4) is 0 Å². The van der Waals surface area contributed by atoms with Crippen LogP contribution in [0, 0.1) is 10.1 Å². The molecule has 0 aliphatic heterocycles. The minimum atomic E-state index is -4.88. The average molecular weight is 235 g/mol. The Balaban J connectivity index is 3.39. The summed E-state index contributed by atoms with van der Waals surface area (Å²) in [5, 5.41) is 27.6. The van der Waals surface area contributed by atoms with Gasteiger partial charge in [-0.15, -0.1) is 0 Å². The Hall–Kier alpha value is -1.61. The molecule has 0 atom stereocenters. The minimum absolute atomic E-state index is 0.259. The third kappa shape index (κ3) is 2.50. The zero-order valence-corrected chi connectivity index (χ0v) is 7.60. The van der Waals surface area contributed by atoms with Gasteiger partial charge in [-0.3, -0.25) is 10.1 Å². The van der Waals surface area contributed by atoms with Crippen LogP contribution >= 0.6 is 0 Å². The standard InChI is InChI=1S/C7H5BF3NO4/c9-7(10,11)5-3-4(12(15)16)1-2-6(5)8(13)14/h1-3,13-14H. The Labute approximate surface area is 87.4 Å². The molecule has 5 nitrogen and oxygen atoms in total. The van der Waals surface area contributed by atoms with E-state index in [1.807, 2.05) is 0 Å². The molecule has 0 amide bonds. The van der Waals surface area contributed by atoms with Gasteiger partial charge in [0.15, 0.2) is 0 Å². The van der Waals surface area contributed by atoms with Crippen molar-refractivity contribution in [3.05, 3.63) is 33.9 Å². The molecule has 2 N–H and O–H groups in total. The number of nitrogens with zero attached hydrogens (tertiary/aromatic N) is 1. The van der Waals surface area contributed by atoms with Crippen LogP contribution in [-0.4, -0.2) is 22.1 Å². The molecule has 0 fully saturated rings. The summed E-state index contributed by atoms with van der Waals surface area (Å²) in [4.78, 5) is 9.28. The third-order valence-corrected chi connectivity index (χ3v) is 1.83. The van der Waals surface area contributed by atoms with Crippen LogP contribution in [0.2, 0.25) is 0 Å². The van der Waals surface area contributed by atoms with Crippen molar-refractivity contribution < 1.29 is 28.1 Å². The van der Waals surface area contributed by atoms with Gasteiger partial charge < -0.3 is 10.0 Å². The number of hydrogen-bond donors (Lipinski definition) is 2. The number of hydrogen-bond acceptors (Lipinski definition) is 4. The molecule has 86 valence electrons. The van der Waals surface area contributed by atoms with Crippen LogP contribution < -0.4 is 5.46 Å². The van der Waals surface area contributed by atoms with E-state index in [0.717, 1.165) is 6.07 Å². The molecule has 0 radical (unpaired) electrons. The van der Waals surface area contributed by atoms with E-state index in [2.05, 4.69) is 0 Å². The summed E-state index contributed by atoms with van der Waals surface area (Å²) in [5.41, 5.74) is -3.02. The van der Waals surface area contributed by atoms with Gasteiger partial charge >= 0.3 is 13.3 Å². The van der Waals surface area contributed by atoms with E-state index in [1.54, 1.807) is 0 Å². The van der Waals surface area contributed by atoms with Crippen LogP contribution in [-0.2, 0) is 6.18 Å². The lowest BCUT2D eigenvalue weighted by molar-refractivity contribution is -0.385. The second-order valence-electron chi connectivity index (χ2n) is 2.90. The molecule has 16 heavy (non-hydrogen) atoms. The van der Waals surface area contributed by atoms with Gasteiger partial charge in [0, 0.05) is 12.1 Å². The zero-order valence-electron chi connectivity index (χ0n) is 7.60. The molecule has 0 heterocycles. The maximum atomic E-state index is 12.4. The van der Waals surface area contributed by atoms with Crippen molar-refractivity contribution in [1.29, 1.82) is 0 Å². The van der Waals surface area contributed by atoms with Crippen molar-refractivity contribution in [2.75, 3.05) is 0 Å². The highest BCUT2D eigenvalue weighted by Gasteiger charge is 2.37. The van der Waals surface area contributed by atoms with Crippen LogP contribution in [0.1, 0.15) is 5.56 Å².